The van der Waals surface area contributed by atoms with Crippen LogP contribution < -0.4 is 14.8 Å². The Morgan fingerprint density at radius 1 is 1.00 bits per heavy atom. The van der Waals surface area contributed by atoms with E-state index in [0.717, 1.165) is 31.2 Å². The molecule has 4 rings (SSSR count). The molecule has 4 nitrogen and oxygen atoms in total. The molecule has 1 aliphatic heterocycles. The van der Waals surface area contributed by atoms with Gasteiger partial charge in [-0.25, -0.2) is 4.39 Å². The van der Waals surface area contributed by atoms with Crippen molar-refractivity contribution in [1.29, 1.82) is 0 Å². The highest BCUT2D eigenvalue weighted by molar-refractivity contribution is 5.99. The lowest BCUT2D eigenvalue weighted by Gasteiger charge is -2.28. The van der Waals surface area contributed by atoms with Crippen LogP contribution in [-0.2, 0) is 10.2 Å². The van der Waals surface area contributed by atoms with E-state index in [-0.39, 0.29) is 18.5 Å². The predicted octanol–water partition coefficient (Wildman–Crippen LogP) is 4.00. The zero-order valence-electron chi connectivity index (χ0n) is 13.2. The standard InChI is InChI=1S/C19H18FNO3/c20-14-5-3-13(4-6-14)19(9-1-2-10-19)18(22)21-15-7-8-16-17(11-15)24-12-23-16/h3-8,11H,1-2,9-10,12H2,(H,21,22). The zero-order chi connectivity index (χ0) is 16.6. The van der Waals surface area contributed by atoms with Crippen LogP contribution in [0.3, 0.4) is 0 Å². The fourth-order valence-electron chi connectivity index (χ4n) is 3.62. The average molecular weight is 327 g/mol. The number of rotatable bonds is 3. The molecule has 24 heavy (non-hydrogen) atoms. The second-order valence-corrected chi connectivity index (χ2v) is 6.32. The van der Waals surface area contributed by atoms with E-state index in [9.17, 15) is 9.18 Å². The maximum atomic E-state index is 13.2. The molecule has 2 aliphatic rings. The lowest BCUT2D eigenvalue weighted by atomic mass is 9.78. The van der Waals surface area contributed by atoms with Gasteiger partial charge in [-0.2, -0.15) is 0 Å². The number of hydrogen-bond acceptors (Lipinski definition) is 3. The maximum Gasteiger partial charge on any atom is 0.235 e. The molecular weight excluding hydrogens is 309 g/mol. The van der Waals surface area contributed by atoms with Gasteiger partial charge in [-0.3, -0.25) is 4.79 Å². The second-order valence-electron chi connectivity index (χ2n) is 6.32. The summed E-state index contributed by atoms with van der Waals surface area (Å²) >= 11 is 0. The van der Waals surface area contributed by atoms with Gasteiger partial charge in [-0.15, -0.1) is 0 Å². The molecule has 0 radical (unpaired) electrons. The van der Waals surface area contributed by atoms with Crippen LogP contribution in [0.4, 0.5) is 10.1 Å². The first kappa shape index (κ1) is 15.0. The number of ether oxygens (including phenoxy) is 2. The van der Waals surface area contributed by atoms with Crippen LogP contribution in [0.25, 0.3) is 0 Å². The van der Waals surface area contributed by atoms with Crippen molar-refractivity contribution in [3.63, 3.8) is 0 Å². The molecule has 1 saturated carbocycles. The van der Waals surface area contributed by atoms with Gasteiger partial charge in [0, 0.05) is 11.8 Å². The van der Waals surface area contributed by atoms with Gasteiger partial charge >= 0.3 is 0 Å². The van der Waals surface area contributed by atoms with Gasteiger partial charge < -0.3 is 14.8 Å². The van der Waals surface area contributed by atoms with Crippen LogP contribution >= 0.6 is 0 Å². The van der Waals surface area contributed by atoms with E-state index in [2.05, 4.69) is 5.32 Å². The minimum absolute atomic E-state index is 0.0505. The highest BCUT2D eigenvalue weighted by Crippen LogP contribution is 2.42. The summed E-state index contributed by atoms with van der Waals surface area (Å²) in [6.07, 6.45) is 3.53. The zero-order valence-corrected chi connectivity index (χ0v) is 13.2. The Labute approximate surface area is 139 Å². The van der Waals surface area contributed by atoms with Crippen LogP contribution in [-0.4, -0.2) is 12.7 Å². The summed E-state index contributed by atoms with van der Waals surface area (Å²) < 4.78 is 23.9. The van der Waals surface area contributed by atoms with Crippen LogP contribution in [0.1, 0.15) is 31.2 Å². The van der Waals surface area contributed by atoms with Gasteiger partial charge in [0.15, 0.2) is 11.5 Å². The monoisotopic (exact) mass is 327 g/mol. The predicted molar refractivity (Wildman–Crippen MR) is 87.7 cm³/mol. The minimum Gasteiger partial charge on any atom is -0.454 e. The molecule has 124 valence electrons. The number of anilines is 1. The van der Waals surface area contributed by atoms with E-state index in [1.54, 1.807) is 30.3 Å². The van der Waals surface area contributed by atoms with E-state index in [1.807, 2.05) is 0 Å². The molecule has 0 saturated heterocycles. The first-order chi connectivity index (χ1) is 11.7. The third-order valence-electron chi connectivity index (χ3n) is 4.92. The molecule has 1 fully saturated rings. The van der Waals surface area contributed by atoms with Crippen LogP contribution in [0, 0.1) is 5.82 Å². The topological polar surface area (TPSA) is 47.6 Å². The van der Waals surface area contributed by atoms with Crippen molar-refractivity contribution >= 4 is 11.6 Å². The van der Waals surface area contributed by atoms with Gasteiger partial charge in [0.1, 0.15) is 5.82 Å². The van der Waals surface area contributed by atoms with E-state index in [0.29, 0.717) is 17.2 Å². The van der Waals surface area contributed by atoms with Crippen molar-refractivity contribution in [3.8, 4) is 11.5 Å². The van der Waals surface area contributed by atoms with Crippen molar-refractivity contribution in [2.75, 3.05) is 12.1 Å². The summed E-state index contributed by atoms with van der Waals surface area (Å²) in [7, 11) is 0. The van der Waals surface area contributed by atoms with Crippen LogP contribution in [0.2, 0.25) is 0 Å². The molecule has 0 unspecified atom stereocenters. The molecule has 0 spiro atoms. The Morgan fingerprint density at radius 3 is 2.46 bits per heavy atom. The van der Waals surface area contributed by atoms with Gasteiger partial charge in [-0.1, -0.05) is 25.0 Å². The molecule has 0 atom stereocenters. The summed E-state index contributed by atoms with van der Waals surface area (Å²) in [6, 6.07) is 11.6. The summed E-state index contributed by atoms with van der Waals surface area (Å²) in [5, 5.41) is 3.00. The molecular formula is C19H18FNO3. The average Bonchev–Trinajstić information content (AvgIpc) is 3.25. The third-order valence-corrected chi connectivity index (χ3v) is 4.92. The normalized spacial score (nSPS) is 17.7. The van der Waals surface area contributed by atoms with Crippen molar-refractivity contribution in [2.24, 2.45) is 0 Å². The summed E-state index contributed by atoms with van der Waals surface area (Å²) in [6.45, 7) is 0.201. The first-order valence-corrected chi connectivity index (χ1v) is 8.15. The molecule has 1 amide bonds. The molecule has 0 aromatic heterocycles. The number of carbonyl (C=O) groups excluding carboxylic acids is 1. The molecule has 0 bridgehead atoms. The molecule has 2 aromatic rings. The van der Waals surface area contributed by atoms with Crippen LogP contribution in [0.5, 0.6) is 11.5 Å². The highest BCUT2D eigenvalue weighted by Gasteiger charge is 2.42. The number of hydrogen-bond donors (Lipinski definition) is 1. The molecule has 1 aliphatic carbocycles. The Kier molecular flexibility index (Phi) is 3.63. The quantitative estimate of drug-likeness (QED) is 0.927. The van der Waals surface area contributed by atoms with E-state index >= 15 is 0 Å². The number of carbonyl (C=O) groups is 1. The number of benzene rings is 2. The number of nitrogens with one attached hydrogen (secondary N) is 1. The number of halogens is 1. The van der Waals surface area contributed by atoms with Crippen molar-refractivity contribution in [1.82, 2.24) is 0 Å². The van der Waals surface area contributed by atoms with Crippen molar-refractivity contribution in [2.45, 2.75) is 31.1 Å². The fourth-order valence-corrected chi connectivity index (χ4v) is 3.62. The largest absolute Gasteiger partial charge is 0.454 e. The van der Waals surface area contributed by atoms with Crippen LogP contribution in [0.15, 0.2) is 42.5 Å². The van der Waals surface area contributed by atoms with Gasteiger partial charge in [0.2, 0.25) is 12.7 Å². The van der Waals surface area contributed by atoms with E-state index < -0.39 is 5.41 Å². The summed E-state index contributed by atoms with van der Waals surface area (Å²) in [5.74, 6) is 0.978. The lowest BCUT2D eigenvalue weighted by molar-refractivity contribution is -0.121. The van der Waals surface area contributed by atoms with E-state index in [1.165, 1.54) is 12.1 Å². The van der Waals surface area contributed by atoms with Crippen molar-refractivity contribution in [3.05, 3.63) is 53.8 Å². The van der Waals surface area contributed by atoms with Crippen molar-refractivity contribution < 1.29 is 18.7 Å². The Balaban J connectivity index is 1.62. The fraction of sp³-hybridized carbons (Fsp3) is 0.316. The second kappa shape index (κ2) is 5.82. The number of fused-ring (bicyclic) bond motifs is 1. The number of amides is 1. The minimum atomic E-state index is -0.593. The summed E-state index contributed by atoms with van der Waals surface area (Å²) in [4.78, 5) is 13.0. The molecule has 1 N–H and O–H groups in total. The maximum absolute atomic E-state index is 13.2. The van der Waals surface area contributed by atoms with Gasteiger partial charge in [0.25, 0.3) is 0 Å². The highest BCUT2D eigenvalue weighted by atomic mass is 19.1. The Hall–Kier alpha value is -2.56. The lowest BCUT2D eigenvalue weighted by Crippen LogP contribution is -2.38. The molecule has 1 heterocycles. The van der Waals surface area contributed by atoms with Gasteiger partial charge in [0.05, 0.1) is 5.41 Å². The molecule has 2 aromatic carbocycles. The van der Waals surface area contributed by atoms with Gasteiger partial charge in [-0.05, 0) is 42.7 Å². The Bertz CT molecular complexity index is 767. The Morgan fingerprint density at radius 2 is 1.71 bits per heavy atom. The van der Waals surface area contributed by atoms with E-state index in [4.69, 9.17) is 9.47 Å². The first-order valence-electron chi connectivity index (χ1n) is 8.15. The summed E-state index contributed by atoms with van der Waals surface area (Å²) in [5.41, 5.74) is 0.960. The molecule has 5 heteroatoms. The smallest absolute Gasteiger partial charge is 0.235 e. The third kappa shape index (κ3) is 2.50. The SMILES string of the molecule is O=C(Nc1ccc2c(c1)OCO2)C1(c2ccc(F)cc2)CCCC1.